The van der Waals surface area contributed by atoms with Gasteiger partial charge in [-0.1, -0.05) is 0 Å². The summed E-state index contributed by atoms with van der Waals surface area (Å²) in [5.74, 6) is -0.701. The van der Waals surface area contributed by atoms with Crippen LogP contribution in [-0.4, -0.2) is 42.4 Å². The van der Waals surface area contributed by atoms with Crippen molar-refractivity contribution in [2.75, 3.05) is 13.2 Å². The molecule has 6 nitrogen and oxygen atoms in total. The van der Waals surface area contributed by atoms with E-state index in [4.69, 9.17) is 9.84 Å². The largest absolute Gasteiger partial charge is 0.481 e. The monoisotopic (exact) mass is 270 g/mol. The molecule has 1 aliphatic heterocycles. The number of carboxylic acid groups (broad SMARTS) is 1. The second kappa shape index (κ2) is 6.23. The van der Waals surface area contributed by atoms with Crippen molar-refractivity contribution in [2.45, 2.75) is 44.7 Å². The first-order valence-electron chi connectivity index (χ1n) is 6.94. The Kier molecular flexibility index (Phi) is 4.63. The summed E-state index contributed by atoms with van der Waals surface area (Å²) in [7, 11) is 0. The SMILES string of the molecule is CC(NC(=O)NC1CCC(C(=O)O)C1)C1CCOC1. The molecule has 1 aliphatic carbocycles. The Morgan fingerprint density at radius 1 is 1.32 bits per heavy atom. The number of hydrogen-bond donors (Lipinski definition) is 3. The minimum Gasteiger partial charge on any atom is -0.481 e. The molecule has 0 spiro atoms. The van der Waals surface area contributed by atoms with Crippen LogP contribution in [0.5, 0.6) is 0 Å². The Bertz CT molecular complexity index is 342. The molecule has 2 fully saturated rings. The van der Waals surface area contributed by atoms with Crippen LogP contribution in [-0.2, 0) is 9.53 Å². The van der Waals surface area contributed by atoms with E-state index in [1.807, 2.05) is 6.92 Å². The second-order valence-corrected chi connectivity index (χ2v) is 5.58. The number of urea groups is 1. The summed E-state index contributed by atoms with van der Waals surface area (Å²) in [4.78, 5) is 22.7. The molecule has 2 rings (SSSR count). The Balaban J connectivity index is 1.71. The Labute approximate surface area is 112 Å². The van der Waals surface area contributed by atoms with E-state index in [2.05, 4.69) is 10.6 Å². The summed E-state index contributed by atoms with van der Waals surface area (Å²) in [6, 6.07) is -0.136. The summed E-state index contributed by atoms with van der Waals surface area (Å²) >= 11 is 0. The predicted molar refractivity (Wildman–Crippen MR) is 68.8 cm³/mol. The zero-order valence-electron chi connectivity index (χ0n) is 11.2. The lowest BCUT2D eigenvalue weighted by Gasteiger charge is -2.21. The summed E-state index contributed by atoms with van der Waals surface area (Å²) in [6.07, 6.45) is 2.90. The number of amides is 2. The fourth-order valence-electron chi connectivity index (χ4n) is 2.84. The second-order valence-electron chi connectivity index (χ2n) is 5.58. The first-order valence-corrected chi connectivity index (χ1v) is 6.94. The number of hydrogen-bond acceptors (Lipinski definition) is 3. The maximum atomic E-state index is 11.8. The first-order chi connectivity index (χ1) is 9.06. The summed E-state index contributed by atoms with van der Waals surface area (Å²) < 4.78 is 5.30. The van der Waals surface area contributed by atoms with E-state index in [0.29, 0.717) is 25.4 Å². The van der Waals surface area contributed by atoms with Gasteiger partial charge in [0, 0.05) is 24.6 Å². The lowest BCUT2D eigenvalue weighted by atomic mass is 10.0. The zero-order chi connectivity index (χ0) is 13.8. The zero-order valence-corrected chi connectivity index (χ0v) is 11.2. The third kappa shape index (κ3) is 3.83. The molecule has 1 saturated carbocycles. The van der Waals surface area contributed by atoms with Crippen LogP contribution in [0.1, 0.15) is 32.6 Å². The van der Waals surface area contributed by atoms with Crippen molar-refractivity contribution < 1.29 is 19.4 Å². The van der Waals surface area contributed by atoms with Crippen molar-refractivity contribution in [2.24, 2.45) is 11.8 Å². The predicted octanol–water partition coefficient (Wildman–Crippen LogP) is 0.964. The Morgan fingerprint density at radius 2 is 2.11 bits per heavy atom. The third-order valence-electron chi connectivity index (χ3n) is 4.15. The van der Waals surface area contributed by atoms with Gasteiger partial charge < -0.3 is 20.5 Å². The minimum atomic E-state index is -0.763. The summed E-state index contributed by atoms with van der Waals surface area (Å²) in [5.41, 5.74) is 0. The van der Waals surface area contributed by atoms with Gasteiger partial charge in [-0.2, -0.15) is 0 Å². The summed E-state index contributed by atoms with van der Waals surface area (Å²) in [6.45, 7) is 3.45. The smallest absolute Gasteiger partial charge is 0.315 e. The van der Waals surface area contributed by atoms with E-state index in [0.717, 1.165) is 19.4 Å². The molecule has 0 radical (unpaired) electrons. The van der Waals surface area contributed by atoms with Crippen LogP contribution in [0.3, 0.4) is 0 Å². The molecule has 4 atom stereocenters. The van der Waals surface area contributed by atoms with Crippen LogP contribution in [0.25, 0.3) is 0 Å². The van der Waals surface area contributed by atoms with E-state index in [9.17, 15) is 9.59 Å². The van der Waals surface area contributed by atoms with E-state index < -0.39 is 5.97 Å². The van der Waals surface area contributed by atoms with E-state index in [1.54, 1.807) is 0 Å². The number of ether oxygens (including phenoxy) is 1. The maximum Gasteiger partial charge on any atom is 0.315 e. The van der Waals surface area contributed by atoms with Crippen molar-refractivity contribution >= 4 is 12.0 Å². The molecule has 6 heteroatoms. The molecule has 108 valence electrons. The van der Waals surface area contributed by atoms with Gasteiger partial charge in [-0.3, -0.25) is 4.79 Å². The molecule has 1 saturated heterocycles. The van der Waals surface area contributed by atoms with Crippen LogP contribution >= 0.6 is 0 Å². The van der Waals surface area contributed by atoms with Crippen LogP contribution in [0.2, 0.25) is 0 Å². The van der Waals surface area contributed by atoms with Crippen molar-refractivity contribution in [3.05, 3.63) is 0 Å². The number of carbonyl (C=O) groups is 2. The van der Waals surface area contributed by atoms with Crippen LogP contribution in [0, 0.1) is 11.8 Å². The molecular formula is C13H22N2O4. The maximum absolute atomic E-state index is 11.8. The van der Waals surface area contributed by atoms with E-state index >= 15 is 0 Å². The molecule has 2 amide bonds. The molecular weight excluding hydrogens is 248 g/mol. The van der Waals surface area contributed by atoms with Gasteiger partial charge in [-0.15, -0.1) is 0 Å². The van der Waals surface area contributed by atoms with E-state index in [1.165, 1.54) is 0 Å². The normalized spacial score (nSPS) is 31.9. The lowest BCUT2D eigenvalue weighted by Crippen LogP contribution is -2.47. The standard InChI is InChI=1S/C13H22N2O4/c1-8(10-4-5-19-7-10)14-13(18)15-11-3-2-9(6-11)12(16)17/h8-11H,2-7H2,1H3,(H,16,17)(H2,14,15,18). The highest BCUT2D eigenvalue weighted by molar-refractivity contribution is 5.75. The fourth-order valence-corrected chi connectivity index (χ4v) is 2.84. The highest BCUT2D eigenvalue weighted by atomic mass is 16.5. The van der Waals surface area contributed by atoms with Crippen LogP contribution in [0.4, 0.5) is 4.79 Å². The average Bonchev–Trinajstić information content (AvgIpc) is 2.98. The highest BCUT2D eigenvalue weighted by Gasteiger charge is 2.31. The molecule has 3 N–H and O–H groups in total. The van der Waals surface area contributed by atoms with Gasteiger partial charge in [-0.25, -0.2) is 4.79 Å². The van der Waals surface area contributed by atoms with Gasteiger partial charge in [-0.05, 0) is 32.6 Å². The molecule has 0 aromatic heterocycles. The Morgan fingerprint density at radius 3 is 2.68 bits per heavy atom. The number of nitrogens with one attached hydrogen (secondary N) is 2. The van der Waals surface area contributed by atoms with Gasteiger partial charge in [0.25, 0.3) is 0 Å². The number of carboxylic acids is 1. The average molecular weight is 270 g/mol. The minimum absolute atomic E-state index is 0.0203. The van der Waals surface area contributed by atoms with Crippen LogP contribution < -0.4 is 10.6 Å². The van der Waals surface area contributed by atoms with Crippen molar-refractivity contribution in [1.29, 1.82) is 0 Å². The number of carbonyl (C=O) groups excluding carboxylic acids is 1. The highest BCUT2D eigenvalue weighted by Crippen LogP contribution is 2.25. The fraction of sp³-hybridized carbons (Fsp3) is 0.846. The quantitative estimate of drug-likeness (QED) is 0.710. The Hall–Kier alpha value is -1.30. The molecule has 4 unspecified atom stereocenters. The lowest BCUT2D eigenvalue weighted by molar-refractivity contribution is -0.141. The molecule has 2 aliphatic rings. The molecule has 0 bridgehead atoms. The van der Waals surface area contributed by atoms with Gasteiger partial charge >= 0.3 is 12.0 Å². The van der Waals surface area contributed by atoms with Crippen LogP contribution in [0.15, 0.2) is 0 Å². The van der Waals surface area contributed by atoms with Crippen molar-refractivity contribution in [3.63, 3.8) is 0 Å². The van der Waals surface area contributed by atoms with Crippen molar-refractivity contribution in [1.82, 2.24) is 10.6 Å². The molecule has 19 heavy (non-hydrogen) atoms. The third-order valence-corrected chi connectivity index (χ3v) is 4.15. The van der Waals surface area contributed by atoms with Crippen molar-refractivity contribution in [3.8, 4) is 0 Å². The van der Waals surface area contributed by atoms with Gasteiger partial charge in [0.05, 0.1) is 12.5 Å². The molecule has 0 aromatic rings. The van der Waals surface area contributed by atoms with Gasteiger partial charge in [0.2, 0.25) is 0 Å². The first kappa shape index (κ1) is 14.1. The van der Waals surface area contributed by atoms with Gasteiger partial charge in [0.1, 0.15) is 0 Å². The molecule has 1 heterocycles. The van der Waals surface area contributed by atoms with Gasteiger partial charge in [0.15, 0.2) is 0 Å². The topological polar surface area (TPSA) is 87.7 Å². The molecule has 0 aromatic carbocycles. The number of aliphatic carboxylic acids is 1. The summed E-state index contributed by atoms with van der Waals surface area (Å²) in [5, 5.41) is 14.7. The van der Waals surface area contributed by atoms with E-state index in [-0.39, 0.29) is 24.0 Å². The number of rotatable bonds is 4.